The maximum absolute atomic E-state index is 11.8. The van der Waals surface area contributed by atoms with Crippen LogP contribution in [-0.4, -0.2) is 54.3 Å². The zero-order valence-electron chi connectivity index (χ0n) is 12.8. The fourth-order valence-corrected chi connectivity index (χ4v) is 4.94. The van der Waals surface area contributed by atoms with Crippen LogP contribution < -0.4 is 16.0 Å². The molecule has 4 atom stereocenters. The number of hydrogen-bond acceptors (Lipinski definition) is 4. The predicted molar refractivity (Wildman–Crippen MR) is 85.9 cm³/mol. The molecule has 0 bridgehead atoms. The molecule has 3 fully saturated rings. The van der Waals surface area contributed by atoms with Crippen LogP contribution in [0, 0.1) is 0 Å². The smallest absolute Gasteiger partial charge is 0.315 e. The molecule has 3 saturated heterocycles. The molecular formula is C15H25N3O3S. The number of unbranched alkanes of at least 4 members (excludes halogenated alkanes) is 1. The quantitative estimate of drug-likeness (QED) is 0.482. The van der Waals surface area contributed by atoms with Gasteiger partial charge in [-0.15, -0.1) is 0 Å². The molecule has 0 saturated carbocycles. The molecular weight excluding hydrogens is 302 g/mol. The van der Waals surface area contributed by atoms with Crippen LogP contribution >= 0.6 is 11.8 Å². The fourth-order valence-electron chi connectivity index (χ4n) is 3.40. The first-order valence-corrected chi connectivity index (χ1v) is 9.34. The van der Waals surface area contributed by atoms with Crippen LogP contribution in [0.3, 0.4) is 0 Å². The molecule has 0 aromatic heterocycles. The Kier molecular flexibility index (Phi) is 5.46. The maximum atomic E-state index is 11.8. The van der Waals surface area contributed by atoms with Crippen LogP contribution in [0.1, 0.15) is 38.5 Å². The minimum atomic E-state index is -0.0335. The molecule has 7 heteroatoms. The Labute approximate surface area is 135 Å². The van der Waals surface area contributed by atoms with Gasteiger partial charge in [-0.05, 0) is 25.7 Å². The standard InChI is InChI=1S/C15H25N3O3S/c19-13(16-8-10-4-3-7-21-10)6-2-1-5-12-14-11(9-22-12)17-15(20)18-14/h10-12,14H,1-9H2,(H,16,19)(H2,17,18,20). The van der Waals surface area contributed by atoms with Crippen molar-refractivity contribution in [3.05, 3.63) is 0 Å². The lowest BCUT2D eigenvalue weighted by atomic mass is 10.0. The lowest BCUT2D eigenvalue weighted by Gasteiger charge is -2.16. The van der Waals surface area contributed by atoms with E-state index in [1.807, 2.05) is 11.8 Å². The number of fused-ring (bicyclic) bond motifs is 1. The van der Waals surface area contributed by atoms with Gasteiger partial charge >= 0.3 is 6.03 Å². The SMILES string of the molecule is O=C(CCCCC1SCC2NC(=O)NC21)NCC1CCCO1. The zero-order valence-corrected chi connectivity index (χ0v) is 13.6. The van der Waals surface area contributed by atoms with E-state index in [-0.39, 0.29) is 30.1 Å². The number of rotatable bonds is 7. The Morgan fingerprint density at radius 2 is 2.27 bits per heavy atom. The van der Waals surface area contributed by atoms with E-state index in [1.165, 1.54) is 0 Å². The van der Waals surface area contributed by atoms with Crippen molar-refractivity contribution in [1.29, 1.82) is 0 Å². The summed E-state index contributed by atoms with van der Waals surface area (Å²) in [7, 11) is 0. The molecule has 3 rings (SSSR count). The molecule has 0 radical (unpaired) electrons. The molecule has 0 aromatic rings. The van der Waals surface area contributed by atoms with Gasteiger partial charge < -0.3 is 20.7 Å². The normalized spacial score (nSPS) is 33.4. The van der Waals surface area contributed by atoms with Crippen molar-refractivity contribution in [3.63, 3.8) is 0 Å². The third-order valence-electron chi connectivity index (χ3n) is 4.63. The first kappa shape index (κ1) is 15.9. The highest BCUT2D eigenvalue weighted by atomic mass is 32.2. The Morgan fingerprint density at radius 1 is 1.36 bits per heavy atom. The number of amides is 3. The molecule has 3 amide bonds. The summed E-state index contributed by atoms with van der Waals surface area (Å²) < 4.78 is 5.49. The largest absolute Gasteiger partial charge is 0.376 e. The summed E-state index contributed by atoms with van der Waals surface area (Å²) in [6.07, 6.45) is 5.97. The van der Waals surface area contributed by atoms with Gasteiger partial charge in [-0.25, -0.2) is 4.79 Å². The molecule has 6 nitrogen and oxygen atoms in total. The number of carbonyl (C=O) groups excluding carboxylic acids is 2. The van der Waals surface area contributed by atoms with Crippen molar-refractivity contribution in [1.82, 2.24) is 16.0 Å². The minimum absolute atomic E-state index is 0.0335. The summed E-state index contributed by atoms with van der Waals surface area (Å²) in [6, 6.07) is 0.525. The van der Waals surface area contributed by atoms with Gasteiger partial charge in [0.2, 0.25) is 5.91 Å². The summed E-state index contributed by atoms with van der Waals surface area (Å²) in [6.45, 7) is 1.48. The summed E-state index contributed by atoms with van der Waals surface area (Å²) >= 11 is 1.93. The number of hydrogen-bond donors (Lipinski definition) is 3. The third kappa shape index (κ3) is 4.07. The van der Waals surface area contributed by atoms with Gasteiger partial charge in [-0.2, -0.15) is 11.8 Å². The monoisotopic (exact) mass is 327 g/mol. The van der Waals surface area contributed by atoms with Gasteiger partial charge in [0.25, 0.3) is 0 Å². The van der Waals surface area contributed by atoms with Crippen LogP contribution in [-0.2, 0) is 9.53 Å². The van der Waals surface area contributed by atoms with E-state index >= 15 is 0 Å². The van der Waals surface area contributed by atoms with E-state index in [0.717, 1.165) is 44.5 Å². The second kappa shape index (κ2) is 7.55. The van der Waals surface area contributed by atoms with Crippen molar-refractivity contribution < 1.29 is 14.3 Å². The highest BCUT2D eigenvalue weighted by Gasteiger charge is 2.42. The number of thioether (sulfide) groups is 1. The third-order valence-corrected chi connectivity index (χ3v) is 6.14. The maximum Gasteiger partial charge on any atom is 0.315 e. The number of carbonyl (C=O) groups is 2. The lowest BCUT2D eigenvalue weighted by molar-refractivity contribution is -0.121. The Hall–Kier alpha value is -0.950. The average molecular weight is 327 g/mol. The summed E-state index contributed by atoms with van der Waals surface area (Å²) in [5, 5.41) is 9.40. The van der Waals surface area contributed by atoms with Crippen molar-refractivity contribution >= 4 is 23.7 Å². The first-order chi connectivity index (χ1) is 10.7. The second-order valence-electron chi connectivity index (χ2n) is 6.31. The van der Waals surface area contributed by atoms with E-state index in [1.54, 1.807) is 0 Å². The van der Waals surface area contributed by atoms with Gasteiger partial charge in [-0.1, -0.05) is 6.42 Å². The van der Waals surface area contributed by atoms with E-state index in [9.17, 15) is 9.59 Å². The summed E-state index contributed by atoms with van der Waals surface area (Å²) in [4.78, 5) is 23.1. The topological polar surface area (TPSA) is 79.5 Å². The molecule has 0 aromatic carbocycles. The molecule has 3 aliphatic rings. The number of urea groups is 1. The van der Waals surface area contributed by atoms with Crippen LogP contribution in [0.15, 0.2) is 0 Å². The van der Waals surface area contributed by atoms with Crippen LogP contribution in [0.4, 0.5) is 4.79 Å². The highest BCUT2D eigenvalue weighted by molar-refractivity contribution is 8.00. The molecule has 3 heterocycles. The Balaban J connectivity index is 1.26. The van der Waals surface area contributed by atoms with Crippen molar-refractivity contribution in [2.45, 2.75) is 62.0 Å². The van der Waals surface area contributed by atoms with Gasteiger partial charge in [-0.3, -0.25) is 4.79 Å². The fraction of sp³-hybridized carbons (Fsp3) is 0.867. The number of nitrogens with one attached hydrogen (secondary N) is 3. The first-order valence-electron chi connectivity index (χ1n) is 8.29. The predicted octanol–water partition coefficient (Wildman–Crippen LogP) is 1.01. The zero-order chi connectivity index (χ0) is 15.4. The second-order valence-corrected chi connectivity index (χ2v) is 7.58. The van der Waals surface area contributed by atoms with Gasteiger partial charge in [0.1, 0.15) is 0 Å². The molecule has 3 aliphatic heterocycles. The van der Waals surface area contributed by atoms with Crippen LogP contribution in [0.25, 0.3) is 0 Å². The summed E-state index contributed by atoms with van der Waals surface area (Å²) in [5.41, 5.74) is 0. The van der Waals surface area contributed by atoms with E-state index in [2.05, 4.69) is 16.0 Å². The van der Waals surface area contributed by atoms with Crippen molar-refractivity contribution in [2.75, 3.05) is 18.9 Å². The molecule has 124 valence electrons. The lowest BCUT2D eigenvalue weighted by Crippen LogP contribution is -2.36. The number of ether oxygens (including phenoxy) is 1. The summed E-state index contributed by atoms with van der Waals surface area (Å²) in [5.74, 6) is 1.12. The molecule has 0 aliphatic carbocycles. The van der Waals surface area contributed by atoms with E-state index < -0.39 is 0 Å². The molecule has 0 spiro atoms. The molecule has 22 heavy (non-hydrogen) atoms. The van der Waals surface area contributed by atoms with E-state index in [0.29, 0.717) is 18.2 Å². The minimum Gasteiger partial charge on any atom is -0.376 e. The van der Waals surface area contributed by atoms with Crippen LogP contribution in [0.2, 0.25) is 0 Å². The highest BCUT2D eigenvalue weighted by Crippen LogP contribution is 2.33. The molecule has 3 N–H and O–H groups in total. The Bertz CT molecular complexity index is 415. The average Bonchev–Trinajstić information content (AvgIpc) is 3.19. The van der Waals surface area contributed by atoms with Gasteiger partial charge in [0.15, 0.2) is 0 Å². The van der Waals surface area contributed by atoms with Gasteiger partial charge in [0.05, 0.1) is 18.2 Å². The van der Waals surface area contributed by atoms with Crippen molar-refractivity contribution in [2.24, 2.45) is 0 Å². The van der Waals surface area contributed by atoms with Crippen LogP contribution in [0.5, 0.6) is 0 Å². The Morgan fingerprint density at radius 3 is 3.09 bits per heavy atom. The van der Waals surface area contributed by atoms with Crippen molar-refractivity contribution in [3.8, 4) is 0 Å². The molecule has 4 unspecified atom stereocenters. The van der Waals surface area contributed by atoms with Gasteiger partial charge in [0, 0.05) is 30.6 Å². The van der Waals surface area contributed by atoms with E-state index in [4.69, 9.17) is 4.74 Å².